The summed E-state index contributed by atoms with van der Waals surface area (Å²) in [4.78, 5) is 6.76. The van der Waals surface area contributed by atoms with Crippen LogP contribution in [-0.4, -0.2) is 41.2 Å². The highest BCUT2D eigenvalue weighted by Crippen LogP contribution is 2.12. The normalized spacial score (nSPS) is 11.2. The number of likely N-dealkylation sites (N-methyl/N-ethyl adjacent to an activating group) is 1. The number of aliphatic hydroxyl groups excluding tert-OH is 1. The van der Waals surface area contributed by atoms with Crippen molar-refractivity contribution < 1.29 is 5.11 Å². The minimum absolute atomic E-state index is 0.268. The summed E-state index contributed by atoms with van der Waals surface area (Å²) in [6.07, 6.45) is 1.82. The summed E-state index contributed by atoms with van der Waals surface area (Å²) in [6.45, 7) is 5.40. The first-order valence-corrected chi connectivity index (χ1v) is 7.04. The number of hydrogen-bond acceptors (Lipinski definition) is 4. The van der Waals surface area contributed by atoms with Crippen molar-refractivity contribution in [1.29, 1.82) is 0 Å². The van der Waals surface area contributed by atoms with E-state index in [2.05, 4.69) is 16.8 Å². The van der Waals surface area contributed by atoms with Gasteiger partial charge in [0.2, 0.25) is 0 Å². The number of nitrogens with zero attached hydrogens (tertiary/aromatic N) is 2. The molecule has 3 nitrogen and oxygen atoms in total. The first-order valence-electron chi connectivity index (χ1n) is 5.62. The fourth-order valence-electron chi connectivity index (χ4n) is 1.50. The molecule has 0 aliphatic heterocycles. The third-order valence-corrected chi connectivity index (χ3v) is 3.69. The molecule has 0 radical (unpaired) electrons. The fourth-order valence-corrected chi connectivity index (χ4v) is 2.52. The van der Waals surface area contributed by atoms with Crippen molar-refractivity contribution in [2.24, 2.45) is 0 Å². The van der Waals surface area contributed by atoms with Crippen LogP contribution in [0.4, 0.5) is 0 Å². The Morgan fingerprint density at radius 3 is 2.88 bits per heavy atom. The lowest BCUT2D eigenvalue weighted by Crippen LogP contribution is -2.27. The van der Waals surface area contributed by atoms with Gasteiger partial charge in [-0.1, -0.05) is 6.92 Å². The summed E-state index contributed by atoms with van der Waals surface area (Å²) in [5.41, 5.74) is 0.972. The van der Waals surface area contributed by atoms with Crippen molar-refractivity contribution in [1.82, 2.24) is 9.88 Å². The SMILES string of the molecule is CCN(CCCO)CCc1nc(CCl)cs1. The first-order chi connectivity index (χ1) is 7.80. The molecule has 0 unspecified atom stereocenters. The smallest absolute Gasteiger partial charge is 0.0941 e. The molecule has 1 rings (SSSR count). The maximum absolute atomic E-state index is 8.78. The van der Waals surface area contributed by atoms with Crippen LogP contribution in [0.2, 0.25) is 0 Å². The van der Waals surface area contributed by atoms with Crippen molar-refractivity contribution >= 4 is 22.9 Å². The second-order valence-corrected chi connectivity index (χ2v) is 4.84. The second-order valence-electron chi connectivity index (χ2n) is 3.63. The summed E-state index contributed by atoms with van der Waals surface area (Å²) in [7, 11) is 0. The molecule has 0 bridgehead atoms. The molecule has 0 saturated heterocycles. The van der Waals surface area contributed by atoms with Gasteiger partial charge in [0.25, 0.3) is 0 Å². The summed E-state index contributed by atoms with van der Waals surface area (Å²) < 4.78 is 0. The van der Waals surface area contributed by atoms with Gasteiger partial charge in [0.1, 0.15) is 0 Å². The number of aromatic nitrogens is 1. The van der Waals surface area contributed by atoms with Gasteiger partial charge < -0.3 is 10.0 Å². The Labute approximate surface area is 106 Å². The van der Waals surface area contributed by atoms with Gasteiger partial charge in [-0.15, -0.1) is 22.9 Å². The van der Waals surface area contributed by atoms with Crippen LogP contribution in [0, 0.1) is 0 Å². The zero-order valence-electron chi connectivity index (χ0n) is 9.65. The zero-order chi connectivity index (χ0) is 11.8. The third-order valence-electron chi connectivity index (χ3n) is 2.46. The van der Waals surface area contributed by atoms with Crippen LogP contribution in [0.25, 0.3) is 0 Å². The van der Waals surface area contributed by atoms with Crippen LogP contribution in [-0.2, 0) is 12.3 Å². The molecule has 1 aromatic rings. The predicted octanol–water partition coefficient (Wildman–Crippen LogP) is 2.13. The Morgan fingerprint density at radius 1 is 1.50 bits per heavy atom. The number of thiazole rings is 1. The van der Waals surface area contributed by atoms with Crippen molar-refractivity contribution in [3.05, 3.63) is 16.1 Å². The maximum atomic E-state index is 8.78. The molecule has 1 N–H and O–H groups in total. The van der Waals surface area contributed by atoms with E-state index in [0.717, 1.165) is 43.2 Å². The maximum Gasteiger partial charge on any atom is 0.0941 e. The number of aliphatic hydroxyl groups is 1. The van der Waals surface area contributed by atoms with Crippen LogP contribution in [0.15, 0.2) is 5.38 Å². The van der Waals surface area contributed by atoms with Gasteiger partial charge in [-0.05, 0) is 13.0 Å². The summed E-state index contributed by atoms with van der Waals surface area (Å²) >= 11 is 7.38. The molecule has 0 atom stereocenters. The van der Waals surface area contributed by atoms with Crippen LogP contribution in [0.3, 0.4) is 0 Å². The second kappa shape index (κ2) is 8.01. The topological polar surface area (TPSA) is 36.4 Å². The summed E-state index contributed by atoms with van der Waals surface area (Å²) in [5.74, 6) is 0.499. The van der Waals surface area contributed by atoms with Crippen LogP contribution >= 0.6 is 22.9 Å². The van der Waals surface area contributed by atoms with Crippen LogP contribution in [0.1, 0.15) is 24.0 Å². The van der Waals surface area contributed by atoms with E-state index < -0.39 is 0 Å². The summed E-state index contributed by atoms with van der Waals surface area (Å²) in [6, 6.07) is 0. The minimum Gasteiger partial charge on any atom is -0.396 e. The van der Waals surface area contributed by atoms with Gasteiger partial charge in [0.15, 0.2) is 0 Å². The van der Waals surface area contributed by atoms with Crippen LogP contribution in [0.5, 0.6) is 0 Å². The monoisotopic (exact) mass is 262 g/mol. The fraction of sp³-hybridized carbons (Fsp3) is 0.727. The first kappa shape index (κ1) is 13.9. The van der Waals surface area contributed by atoms with E-state index in [9.17, 15) is 0 Å². The number of halogens is 1. The lowest BCUT2D eigenvalue weighted by molar-refractivity contribution is 0.231. The predicted molar refractivity (Wildman–Crippen MR) is 69.2 cm³/mol. The quantitative estimate of drug-likeness (QED) is 0.729. The Kier molecular flexibility index (Phi) is 6.96. The van der Waals surface area contributed by atoms with Gasteiger partial charge in [-0.3, -0.25) is 0 Å². The molecule has 1 heterocycles. The highest BCUT2D eigenvalue weighted by molar-refractivity contribution is 7.09. The summed E-state index contributed by atoms with van der Waals surface area (Å²) in [5, 5.41) is 12.0. The van der Waals surface area contributed by atoms with Crippen LogP contribution < -0.4 is 0 Å². The van der Waals surface area contributed by atoms with Gasteiger partial charge in [0.05, 0.1) is 16.6 Å². The molecule has 16 heavy (non-hydrogen) atoms. The van der Waals surface area contributed by atoms with Gasteiger partial charge >= 0.3 is 0 Å². The average molecular weight is 263 g/mol. The molecule has 0 aliphatic rings. The van der Waals surface area contributed by atoms with E-state index >= 15 is 0 Å². The molecular weight excluding hydrogens is 244 g/mol. The Hall–Kier alpha value is -0.160. The molecule has 0 aliphatic carbocycles. The van der Waals surface area contributed by atoms with Crippen molar-refractivity contribution in [3.8, 4) is 0 Å². The van der Waals surface area contributed by atoms with E-state index in [1.807, 2.05) is 5.38 Å². The molecule has 1 aromatic heterocycles. The molecule has 0 amide bonds. The van der Waals surface area contributed by atoms with E-state index in [1.54, 1.807) is 11.3 Å². The molecular formula is C11H19ClN2OS. The van der Waals surface area contributed by atoms with Gasteiger partial charge in [0, 0.05) is 31.5 Å². The molecule has 0 saturated carbocycles. The van der Waals surface area contributed by atoms with Crippen molar-refractivity contribution in [2.45, 2.75) is 25.6 Å². The van der Waals surface area contributed by atoms with Crippen molar-refractivity contribution in [2.75, 3.05) is 26.2 Å². The lowest BCUT2D eigenvalue weighted by Gasteiger charge is -2.18. The molecule has 92 valence electrons. The average Bonchev–Trinajstić information content (AvgIpc) is 2.77. The Morgan fingerprint density at radius 2 is 2.31 bits per heavy atom. The van der Waals surface area contributed by atoms with E-state index in [1.165, 1.54) is 0 Å². The number of alkyl halides is 1. The largest absolute Gasteiger partial charge is 0.396 e. The highest BCUT2D eigenvalue weighted by atomic mass is 35.5. The standard InChI is InChI=1S/C11H19ClN2OS/c1-2-14(5-3-7-15)6-4-11-13-10(8-12)9-16-11/h9,15H,2-8H2,1H3. The molecule has 5 heteroatoms. The number of rotatable bonds is 8. The van der Waals surface area contributed by atoms with E-state index in [-0.39, 0.29) is 6.61 Å². The molecule has 0 spiro atoms. The minimum atomic E-state index is 0.268. The van der Waals surface area contributed by atoms with Gasteiger partial charge in [-0.2, -0.15) is 0 Å². The lowest BCUT2D eigenvalue weighted by atomic mass is 10.3. The van der Waals surface area contributed by atoms with Gasteiger partial charge in [-0.25, -0.2) is 4.98 Å². The van der Waals surface area contributed by atoms with E-state index in [4.69, 9.17) is 16.7 Å². The molecule has 0 fully saturated rings. The van der Waals surface area contributed by atoms with Crippen molar-refractivity contribution in [3.63, 3.8) is 0 Å². The zero-order valence-corrected chi connectivity index (χ0v) is 11.2. The Balaban J connectivity index is 2.31. The molecule has 0 aromatic carbocycles. The number of hydrogen-bond donors (Lipinski definition) is 1. The van der Waals surface area contributed by atoms with E-state index in [0.29, 0.717) is 5.88 Å². The highest BCUT2D eigenvalue weighted by Gasteiger charge is 2.05. The Bertz CT molecular complexity index is 293. The third kappa shape index (κ3) is 4.78.